The molecule has 15 heavy (non-hydrogen) atoms. The third-order valence-electron chi connectivity index (χ3n) is 3.23. The zero-order valence-electron chi connectivity index (χ0n) is 8.98. The van der Waals surface area contributed by atoms with Crippen molar-refractivity contribution in [1.29, 1.82) is 0 Å². The molecule has 82 valence electrons. The first-order valence-corrected chi connectivity index (χ1v) is 6.89. The van der Waals surface area contributed by atoms with Crippen LogP contribution in [-0.2, 0) is 11.4 Å². The van der Waals surface area contributed by atoms with E-state index in [1.165, 1.54) is 28.2 Å². The highest BCUT2D eigenvalue weighted by atomic mass is 35.5. The molecule has 2 saturated carbocycles. The van der Waals surface area contributed by atoms with Gasteiger partial charge in [-0.15, -0.1) is 22.9 Å². The van der Waals surface area contributed by atoms with Gasteiger partial charge >= 0.3 is 0 Å². The van der Waals surface area contributed by atoms with Gasteiger partial charge in [0.25, 0.3) is 0 Å². The average molecular weight is 242 g/mol. The monoisotopic (exact) mass is 241 g/mol. The van der Waals surface area contributed by atoms with Gasteiger partial charge in [0.2, 0.25) is 0 Å². The van der Waals surface area contributed by atoms with Crippen LogP contribution in [0.15, 0.2) is 6.07 Å². The van der Waals surface area contributed by atoms with Crippen LogP contribution in [0, 0.1) is 6.92 Å². The Kier molecular flexibility index (Phi) is 2.35. The summed E-state index contributed by atoms with van der Waals surface area (Å²) in [7, 11) is 0. The number of hydrogen-bond acceptors (Lipinski definition) is 2. The Hall–Kier alpha value is -0.0500. The first-order valence-electron chi connectivity index (χ1n) is 5.69. The molecular formula is C12H16ClNS. The summed E-state index contributed by atoms with van der Waals surface area (Å²) < 4.78 is 0. The Balaban J connectivity index is 1.78. The highest BCUT2D eigenvalue weighted by molar-refractivity contribution is 7.12. The van der Waals surface area contributed by atoms with Crippen molar-refractivity contribution in [1.82, 2.24) is 5.32 Å². The highest BCUT2D eigenvalue weighted by Crippen LogP contribution is 2.54. The van der Waals surface area contributed by atoms with Gasteiger partial charge in [0.05, 0.1) is 4.87 Å². The number of nitrogens with one attached hydrogen (secondary N) is 1. The fourth-order valence-corrected chi connectivity index (χ4v) is 3.38. The van der Waals surface area contributed by atoms with Crippen molar-refractivity contribution in [3.05, 3.63) is 21.4 Å². The van der Waals surface area contributed by atoms with Gasteiger partial charge < -0.3 is 5.32 Å². The lowest BCUT2D eigenvalue weighted by molar-refractivity contribution is 0.689. The molecule has 1 aromatic rings. The molecule has 0 radical (unpaired) electrons. The quantitative estimate of drug-likeness (QED) is 0.796. The summed E-state index contributed by atoms with van der Waals surface area (Å²) in [6.07, 6.45) is 5.01. The lowest BCUT2D eigenvalue weighted by Gasteiger charge is -2.08. The molecule has 2 aliphatic rings. The minimum Gasteiger partial charge on any atom is -0.309 e. The summed E-state index contributed by atoms with van der Waals surface area (Å²) in [6.45, 7) is 3.20. The van der Waals surface area contributed by atoms with E-state index in [-0.39, 0.29) is 4.87 Å². The van der Waals surface area contributed by atoms with Gasteiger partial charge in [-0.1, -0.05) is 0 Å². The van der Waals surface area contributed by atoms with Crippen LogP contribution in [0.5, 0.6) is 0 Å². The molecule has 2 aliphatic carbocycles. The van der Waals surface area contributed by atoms with Crippen molar-refractivity contribution in [2.75, 3.05) is 0 Å². The second-order valence-corrected chi connectivity index (χ2v) is 6.88. The molecule has 0 amide bonds. The van der Waals surface area contributed by atoms with E-state index >= 15 is 0 Å². The van der Waals surface area contributed by atoms with E-state index in [0.717, 1.165) is 25.4 Å². The van der Waals surface area contributed by atoms with Gasteiger partial charge in [0, 0.05) is 22.3 Å². The van der Waals surface area contributed by atoms with Crippen molar-refractivity contribution in [2.24, 2.45) is 0 Å². The summed E-state index contributed by atoms with van der Waals surface area (Å²) in [5.41, 5.74) is 1.40. The maximum Gasteiger partial charge on any atom is 0.0707 e. The van der Waals surface area contributed by atoms with E-state index in [0.29, 0.717) is 0 Å². The van der Waals surface area contributed by atoms with E-state index in [4.69, 9.17) is 11.6 Å². The Morgan fingerprint density at radius 1 is 1.53 bits per heavy atom. The predicted octanol–water partition coefficient (Wildman–Crippen LogP) is 3.54. The van der Waals surface area contributed by atoms with Gasteiger partial charge in [0.1, 0.15) is 0 Å². The first kappa shape index (κ1) is 10.1. The van der Waals surface area contributed by atoms with E-state index in [2.05, 4.69) is 18.3 Å². The van der Waals surface area contributed by atoms with Crippen LogP contribution < -0.4 is 5.32 Å². The fourth-order valence-electron chi connectivity index (χ4n) is 1.98. The van der Waals surface area contributed by atoms with Crippen molar-refractivity contribution in [3.8, 4) is 0 Å². The molecule has 2 fully saturated rings. The lowest BCUT2D eigenvalue weighted by atomic mass is 10.1. The average Bonchev–Trinajstić information content (AvgIpc) is 3.09. The normalized spacial score (nSPS) is 23.1. The number of rotatable bonds is 4. The molecule has 1 aromatic heterocycles. The van der Waals surface area contributed by atoms with E-state index < -0.39 is 0 Å². The Bertz CT molecular complexity index is 377. The molecule has 3 heteroatoms. The summed E-state index contributed by atoms with van der Waals surface area (Å²) in [6, 6.07) is 3.07. The molecule has 1 heterocycles. The maximum atomic E-state index is 6.50. The molecule has 0 spiro atoms. The number of aryl methyl sites for hydroxylation is 1. The second-order valence-electron chi connectivity index (χ2n) is 4.81. The van der Waals surface area contributed by atoms with Crippen LogP contribution in [0.3, 0.4) is 0 Å². The standard InChI is InChI=1S/C12H16ClNS/c1-8-6-10(12(13)4-5-12)11(15-8)7-14-9-2-3-9/h6,9,14H,2-5,7H2,1H3. The van der Waals surface area contributed by atoms with Crippen LogP contribution >= 0.6 is 22.9 Å². The Morgan fingerprint density at radius 3 is 2.87 bits per heavy atom. The van der Waals surface area contributed by atoms with Gasteiger partial charge in [-0.05, 0) is 44.2 Å². The summed E-state index contributed by atoms with van der Waals surface area (Å²) in [5.74, 6) is 0. The molecular weight excluding hydrogens is 226 g/mol. The number of hydrogen-bond donors (Lipinski definition) is 1. The van der Waals surface area contributed by atoms with Crippen molar-refractivity contribution in [3.63, 3.8) is 0 Å². The topological polar surface area (TPSA) is 12.0 Å². The maximum absolute atomic E-state index is 6.50. The molecule has 1 N–H and O–H groups in total. The third-order valence-corrected chi connectivity index (χ3v) is 4.86. The smallest absolute Gasteiger partial charge is 0.0707 e. The summed E-state index contributed by atoms with van der Waals surface area (Å²) >= 11 is 8.40. The zero-order valence-corrected chi connectivity index (χ0v) is 10.5. The third kappa shape index (κ3) is 2.08. The van der Waals surface area contributed by atoms with Gasteiger partial charge in [-0.25, -0.2) is 0 Å². The van der Waals surface area contributed by atoms with E-state index in [1.807, 2.05) is 11.3 Å². The fraction of sp³-hybridized carbons (Fsp3) is 0.667. The zero-order chi connectivity index (χ0) is 10.5. The summed E-state index contributed by atoms with van der Waals surface area (Å²) in [4.78, 5) is 2.86. The molecule has 1 nitrogen and oxygen atoms in total. The van der Waals surface area contributed by atoms with Crippen molar-refractivity contribution >= 4 is 22.9 Å². The minimum atomic E-state index is 0.00528. The Labute approximate surface area is 99.8 Å². The Morgan fingerprint density at radius 2 is 2.27 bits per heavy atom. The van der Waals surface area contributed by atoms with Crippen LogP contribution in [0.4, 0.5) is 0 Å². The molecule has 0 aliphatic heterocycles. The van der Waals surface area contributed by atoms with Gasteiger partial charge in [-0.2, -0.15) is 0 Å². The lowest BCUT2D eigenvalue weighted by Crippen LogP contribution is -2.16. The number of alkyl halides is 1. The molecule has 0 aromatic carbocycles. The van der Waals surface area contributed by atoms with E-state index in [9.17, 15) is 0 Å². The second kappa shape index (κ2) is 3.47. The van der Waals surface area contributed by atoms with Crippen LogP contribution in [-0.4, -0.2) is 6.04 Å². The van der Waals surface area contributed by atoms with Gasteiger partial charge in [0.15, 0.2) is 0 Å². The molecule has 0 bridgehead atoms. The predicted molar refractivity (Wildman–Crippen MR) is 65.7 cm³/mol. The van der Waals surface area contributed by atoms with Crippen LogP contribution in [0.2, 0.25) is 0 Å². The number of thiophene rings is 1. The van der Waals surface area contributed by atoms with E-state index in [1.54, 1.807) is 0 Å². The van der Waals surface area contributed by atoms with Crippen LogP contribution in [0.1, 0.15) is 41.0 Å². The highest BCUT2D eigenvalue weighted by Gasteiger charge is 2.44. The number of halogens is 1. The largest absolute Gasteiger partial charge is 0.309 e. The SMILES string of the molecule is Cc1cc(C2(Cl)CC2)c(CNC2CC2)s1. The molecule has 0 saturated heterocycles. The van der Waals surface area contributed by atoms with Crippen molar-refractivity contribution in [2.45, 2.75) is 50.1 Å². The van der Waals surface area contributed by atoms with Crippen molar-refractivity contribution < 1.29 is 0 Å². The van der Waals surface area contributed by atoms with Crippen LogP contribution in [0.25, 0.3) is 0 Å². The minimum absolute atomic E-state index is 0.00528. The summed E-state index contributed by atoms with van der Waals surface area (Å²) in [5, 5.41) is 3.58. The molecule has 0 atom stereocenters. The first-order chi connectivity index (χ1) is 7.17. The molecule has 3 rings (SSSR count). The van der Waals surface area contributed by atoms with Gasteiger partial charge in [-0.3, -0.25) is 0 Å². The molecule has 0 unspecified atom stereocenters.